The first-order valence-corrected chi connectivity index (χ1v) is 5.82. The lowest BCUT2D eigenvalue weighted by atomic mass is 10.2. The number of nitrogens with zero attached hydrogens (tertiary/aromatic N) is 1. The van der Waals surface area contributed by atoms with Gasteiger partial charge in [0.05, 0.1) is 7.11 Å². The number of amides is 1. The first kappa shape index (κ1) is 10.5. The van der Waals surface area contributed by atoms with Crippen LogP contribution in [0, 0.1) is 11.8 Å². The molecule has 90 valence electrons. The molecule has 3 rings (SSSR count). The zero-order valence-electron chi connectivity index (χ0n) is 9.64. The van der Waals surface area contributed by atoms with Crippen molar-refractivity contribution in [1.82, 2.24) is 15.6 Å². The van der Waals surface area contributed by atoms with Gasteiger partial charge >= 0.3 is 0 Å². The molecule has 2 N–H and O–H groups in total. The number of hydrogen-bond donors (Lipinski definition) is 2. The fraction of sp³-hybridized carbons (Fsp3) is 0.500. The van der Waals surface area contributed by atoms with E-state index in [1.54, 1.807) is 18.3 Å². The van der Waals surface area contributed by atoms with Crippen LogP contribution in [0.4, 0.5) is 0 Å². The first-order chi connectivity index (χ1) is 8.31. The third kappa shape index (κ3) is 1.76. The number of fused-ring (bicyclic) bond motifs is 1. The maximum absolute atomic E-state index is 12.1. The maximum atomic E-state index is 12.1. The van der Waals surface area contributed by atoms with Crippen LogP contribution in [0.3, 0.4) is 0 Å². The molecule has 1 saturated heterocycles. The van der Waals surface area contributed by atoms with Crippen molar-refractivity contribution < 1.29 is 9.53 Å². The number of carbonyl (C=O) groups excluding carboxylic acids is 1. The van der Waals surface area contributed by atoms with E-state index in [9.17, 15) is 4.79 Å². The van der Waals surface area contributed by atoms with Crippen molar-refractivity contribution in [2.75, 3.05) is 20.2 Å². The maximum Gasteiger partial charge on any atom is 0.257 e. The molecule has 0 spiro atoms. The zero-order chi connectivity index (χ0) is 11.8. The Balaban J connectivity index is 1.70. The minimum absolute atomic E-state index is 0.0886. The molecule has 2 atom stereocenters. The van der Waals surface area contributed by atoms with Gasteiger partial charge in [0.15, 0.2) is 0 Å². The van der Waals surface area contributed by atoms with Gasteiger partial charge in [-0.2, -0.15) is 0 Å². The van der Waals surface area contributed by atoms with E-state index < -0.39 is 0 Å². The molecule has 1 aliphatic carbocycles. The van der Waals surface area contributed by atoms with Crippen molar-refractivity contribution in [1.29, 1.82) is 0 Å². The molecule has 0 bridgehead atoms. The number of piperidine rings is 1. The largest absolute Gasteiger partial charge is 0.480 e. The van der Waals surface area contributed by atoms with Crippen molar-refractivity contribution >= 4 is 5.91 Å². The summed E-state index contributed by atoms with van der Waals surface area (Å²) in [5.41, 5.74) is 0.507. The topological polar surface area (TPSA) is 63.2 Å². The molecule has 0 aromatic carbocycles. The molecule has 0 radical (unpaired) electrons. The van der Waals surface area contributed by atoms with Crippen LogP contribution in [0.5, 0.6) is 5.88 Å². The Bertz CT molecular complexity index is 439. The van der Waals surface area contributed by atoms with Crippen LogP contribution in [-0.2, 0) is 0 Å². The number of rotatable bonds is 3. The van der Waals surface area contributed by atoms with Crippen LogP contribution < -0.4 is 15.4 Å². The van der Waals surface area contributed by atoms with E-state index in [4.69, 9.17) is 4.74 Å². The molecule has 2 unspecified atom stereocenters. The summed E-state index contributed by atoms with van der Waals surface area (Å²) in [6, 6.07) is 3.80. The van der Waals surface area contributed by atoms with E-state index in [2.05, 4.69) is 15.6 Å². The van der Waals surface area contributed by atoms with E-state index in [-0.39, 0.29) is 5.91 Å². The van der Waals surface area contributed by atoms with Crippen LogP contribution in [0.1, 0.15) is 10.4 Å². The predicted molar refractivity (Wildman–Crippen MR) is 61.9 cm³/mol. The van der Waals surface area contributed by atoms with E-state index in [0.717, 1.165) is 13.1 Å². The summed E-state index contributed by atoms with van der Waals surface area (Å²) in [5.74, 6) is 1.52. The molecule has 1 aromatic rings. The highest BCUT2D eigenvalue weighted by Crippen LogP contribution is 2.41. The fourth-order valence-corrected chi connectivity index (χ4v) is 2.59. The highest BCUT2D eigenvalue weighted by molar-refractivity contribution is 5.96. The highest BCUT2D eigenvalue weighted by Gasteiger charge is 2.53. The number of methoxy groups -OCH3 is 1. The Morgan fingerprint density at radius 3 is 3.00 bits per heavy atom. The molecule has 17 heavy (non-hydrogen) atoms. The quantitative estimate of drug-likeness (QED) is 0.773. The molecule has 2 fully saturated rings. The number of hydrogen-bond acceptors (Lipinski definition) is 4. The van der Waals surface area contributed by atoms with Crippen LogP contribution in [-0.4, -0.2) is 37.1 Å². The van der Waals surface area contributed by atoms with Crippen molar-refractivity contribution in [3.8, 4) is 5.88 Å². The second-order valence-electron chi connectivity index (χ2n) is 4.55. The molecule has 5 heteroatoms. The van der Waals surface area contributed by atoms with Crippen LogP contribution in [0.15, 0.2) is 18.3 Å². The Kier molecular flexibility index (Phi) is 2.48. The number of nitrogens with one attached hydrogen (secondary N) is 2. The second kappa shape index (κ2) is 4.00. The van der Waals surface area contributed by atoms with Crippen molar-refractivity contribution in [3.05, 3.63) is 23.9 Å². The Hall–Kier alpha value is -1.62. The number of pyridine rings is 1. The third-order valence-electron chi connectivity index (χ3n) is 3.60. The van der Waals surface area contributed by atoms with Gasteiger partial charge in [-0.15, -0.1) is 0 Å². The molecule has 5 nitrogen and oxygen atoms in total. The first-order valence-electron chi connectivity index (χ1n) is 5.82. The lowest BCUT2D eigenvalue weighted by Gasteiger charge is -2.09. The number of carbonyl (C=O) groups is 1. The summed E-state index contributed by atoms with van der Waals surface area (Å²) in [4.78, 5) is 16.1. The van der Waals surface area contributed by atoms with Gasteiger partial charge in [0, 0.05) is 25.3 Å². The van der Waals surface area contributed by atoms with Gasteiger partial charge in [0.1, 0.15) is 5.56 Å². The van der Waals surface area contributed by atoms with Gasteiger partial charge in [-0.1, -0.05) is 0 Å². The summed E-state index contributed by atoms with van der Waals surface area (Å²) in [7, 11) is 1.52. The van der Waals surface area contributed by atoms with E-state index in [1.807, 2.05) is 0 Å². The van der Waals surface area contributed by atoms with E-state index in [0.29, 0.717) is 29.3 Å². The summed E-state index contributed by atoms with van der Waals surface area (Å²) < 4.78 is 5.08. The van der Waals surface area contributed by atoms with Gasteiger partial charge < -0.3 is 15.4 Å². The van der Waals surface area contributed by atoms with E-state index in [1.165, 1.54) is 7.11 Å². The Morgan fingerprint density at radius 2 is 2.29 bits per heavy atom. The van der Waals surface area contributed by atoms with Crippen molar-refractivity contribution in [2.24, 2.45) is 11.8 Å². The lowest BCUT2D eigenvalue weighted by Crippen LogP contribution is -2.32. The second-order valence-corrected chi connectivity index (χ2v) is 4.55. The molecular formula is C12H15N3O2. The van der Waals surface area contributed by atoms with Crippen LogP contribution in [0.2, 0.25) is 0 Å². The molecular weight excluding hydrogens is 218 g/mol. The summed E-state index contributed by atoms with van der Waals surface area (Å²) in [5, 5.41) is 6.35. The minimum atomic E-state index is -0.0886. The molecule has 1 amide bonds. The normalized spacial score (nSPS) is 29.6. The molecule has 1 aliphatic heterocycles. The van der Waals surface area contributed by atoms with Crippen molar-refractivity contribution in [3.63, 3.8) is 0 Å². The summed E-state index contributed by atoms with van der Waals surface area (Å²) in [6.07, 6.45) is 1.62. The average molecular weight is 233 g/mol. The number of ether oxygens (including phenoxy) is 1. The Labute approximate surface area is 99.6 Å². The van der Waals surface area contributed by atoms with Gasteiger partial charge in [-0.05, 0) is 24.0 Å². The van der Waals surface area contributed by atoms with Gasteiger partial charge in [-0.25, -0.2) is 4.98 Å². The SMILES string of the molecule is COc1ncccc1C(=O)NC1C2CNCC21. The fourth-order valence-electron chi connectivity index (χ4n) is 2.59. The monoisotopic (exact) mass is 233 g/mol. The summed E-state index contributed by atoms with van der Waals surface area (Å²) >= 11 is 0. The highest BCUT2D eigenvalue weighted by atomic mass is 16.5. The smallest absolute Gasteiger partial charge is 0.257 e. The van der Waals surface area contributed by atoms with Crippen molar-refractivity contribution in [2.45, 2.75) is 6.04 Å². The lowest BCUT2D eigenvalue weighted by molar-refractivity contribution is 0.0943. The number of aromatic nitrogens is 1. The third-order valence-corrected chi connectivity index (χ3v) is 3.60. The minimum Gasteiger partial charge on any atom is -0.480 e. The molecule has 1 saturated carbocycles. The van der Waals surface area contributed by atoms with E-state index >= 15 is 0 Å². The standard InChI is InChI=1S/C12H15N3O2/c1-17-12-7(3-2-4-14-12)11(16)15-10-8-5-13-6-9(8)10/h2-4,8-10,13H,5-6H2,1H3,(H,15,16). The zero-order valence-corrected chi connectivity index (χ0v) is 9.64. The van der Waals surface area contributed by atoms with Gasteiger partial charge in [-0.3, -0.25) is 4.79 Å². The van der Waals surface area contributed by atoms with Crippen LogP contribution >= 0.6 is 0 Å². The van der Waals surface area contributed by atoms with Gasteiger partial charge in [0.25, 0.3) is 5.91 Å². The van der Waals surface area contributed by atoms with Crippen LogP contribution in [0.25, 0.3) is 0 Å². The molecule has 1 aromatic heterocycles. The molecule has 2 aliphatic rings. The Morgan fingerprint density at radius 1 is 1.53 bits per heavy atom. The molecule has 2 heterocycles. The summed E-state index contributed by atoms with van der Waals surface area (Å²) in [6.45, 7) is 2.03. The van der Waals surface area contributed by atoms with Gasteiger partial charge in [0.2, 0.25) is 5.88 Å². The average Bonchev–Trinajstić information content (AvgIpc) is 2.80. The predicted octanol–water partition coefficient (Wildman–Crippen LogP) is 0.0378.